The second-order valence-electron chi connectivity index (χ2n) is 5.19. The van der Waals surface area contributed by atoms with Crippen LogP contribution in [-0.2, 0) is 11.2 Å². The fourth-order valence-electron chi connectivity index (χ4n) is 2.77. The van der Waals surface area contributed by atoms with E-state index in [0.29, 0.717) is 16.5 Å². The summed E-state index contributed by atoms with van der Waals surface area (Å²) in [5.41, 5.74) is 0.909. The molecule has 0 radical (unpaired) electrons. The number of hydrogen-bond donors (Lipinski definition) is 0. The molecule has 1 aromatic carbocycles. The zero-order valence-corrected chi connectivity index (χ0v) is 13.7. The molecule has 2 heterocycles. The maximum atomic E-state index is 12.6. The molecule has 1 fully saturated rings. The van der Waals surface area contributed by atoms with E-state index in [9.17, 15) is 4.79 Å². The highest BCUT2D eigenvalue weighted by molar-refractivity contribution is 7.10. The molecule has 110 valence electrons. The van der Waals surface area contributed by atoms with Gasteiger partial charge in [-0.15, -0.1) is 11.3 Å². The Hall–Kier alpha value is -1.03. The van der Waals surface area contributed by atoms with Crippen LogP contribution < -0.4 is 0 Å². The van der Waals surface area contributed by atoms with E-state index in [-0.39, 0.29) is 11.9 Å². The molecule has 1 saturated heterocycles. The first kappa shape index (κ1) is 14.9. The largest absolute Gasteiger partial charge is 0.335 e. The predicted octanol–water partition coefficient (Wildman–Crippen LogP) is 4.96. The number of rotatable bonds is 3. The third-order valence-electron chi connectivity index (χ3n) is 3.78. The minimum atomic E-state index is 0.157. The van der Waals surface area contributed by atoms with Gasteiger partial charge in [-0.05, 0) is 42.0 Å². The summed E-state index contributed by atoms with van der Waals surface area (Å²) < 4.78 is 0. The van der Waals surface area contributed by atoms with E-state index >= 15 is 0 Å². The van der Waals surface area contributed by atoms with Crippen LogP contribution in [0.2, 0.25) is 10.0 Å². The number of likely N-dealkylation sites (tertiary alicyclic amines) is 1. The Labute approximate surface area is 138 Å². The summed E-state index contributed by atoms with van der Waals surface area (Å²) in [7, 11) is 0. The number of carbonyl (C=O) groups is 1. The predicted molar refractivity (Wildman–Crippen MR) is 88.2 cm³/mol. The average Bonchev–Trinajstić information content (AvgIpc) is 3.12. The summed E-state index contributed by atoms with van der Waals surface area (Å²) in [6.07, 6.45) is 2.49. The van der Waals surface area contributed by atoms with Gasteiger partial charge in [-0.1, -0.05) is 35.3 Å². The zero-order valence-electron chi connectivity index (χ0n) is 11.4. The van der Waals surface area contributed by atoms with Crippen molar-refractivity contribution in [2.24, 2.45) is 0 Å². The van der Waals surface area contributed by atoms with Crippen molar-refractivity contribution in [1.29, 1.82) is 0 Å². The molecule has 1 atom stereocenters. The van der Waals surface area contributed by atoms with Crippen LogP contribution in [-0.4, -0.2) is 17.4 Å². The molecule has 1 amide bonds. The van der Waals surface area contributed by atoms with Gasteiger partial charge in [0.25, 0.3) is 0 Å². The van der Waals surface area contributed by atoms with E-state index in [1.165, 1.54) is 4.88 Å². The highest BCUT2D eigenvalue weighted by atomic mass is 35.5. The smallest absolute Gasteiger partial charge is 0.227 e. The average molecular weight is 340 g/mol. The van der Waals surface area contributed by atoms with E-state index in [1.54, 1.807) is 23.5 Å². The number of halogens is 2. The first-order chi connectivity index (χ1) is 10.1. The van der Waals surface area contributed by atoms with Gasteiger partial charge >= 0.3 is 0 Å². The zero-order chi connectivity index (χ0) is 14.8. The fourth-order valence-corrected chi connectivity index (χ4v) is 3.96. The molecule has 0 spiro atoms. The molecule has 5 heteroatoms. The Morgan fingerprint density at radius 3 is 2.86 bits per heavy atom. The maximum absolute atomic E-state index is 12.6. The lowest BCUT2D eigenvalue weighted by Gasteiger charge is -2.24. The molecule has 1 aromatic heterocycles. The third kappa shape index (κ3) is 3.25. The van der Waals surface area contributed by atoms with Gasteiger partial charge in [0.1, 0.15) is 0 Å². The van der Waals surface area contributed by atoms with Crippen LogP contribution in [0.25, 0.3) is 0 Å². The summed E-state index contributed by atoms with van der Waals surface area (Å²) in [5.74, 6) is 0.157. The Morgan fingerprint density at radius 1 is 1.29 bits per heavy atom. The summed E-state index contributed by atoms with van der Waals surface area (Å²) >= 11 is 13.6. The number of nitrogens with zero attached hydrogens (tertiary/aromatic N) is 1. The van der Waals surface area contributed by atoms with Crippen molar-refractivity contribution in [3.63, 3.8) is 0 Å². The lowest BCUT2D eigenvalue weighted by molar-refractivity contribution is -0.131. The van der Waals surface area contributed by atoms with Gasteiger partial charge in [0.2, 0.25) is 5.91 Å². The van der Waals surface area contributed by atoms with Crippen LogP contribution in [0, 0.1) is 0 Å². The van der Waals surface area contributed by atoms with E-state index in [2.05, 4.69) is 11.4 Å². The van der Waals surface area contributed by atoms with Gasteiger partial charge in [-0.2, -0.15) is 0 Å². The molecular formula is C16H15Cl2NOS. The van der Waals surface area contributed by atoms with E-state index in [0.717, 1.165) is 24.9 Å². The fraction of sp³-hybridized carbons (Fsp3) is 0.312. The molecule has 2 aromatic rings. The van der Waals surface area contributed by atoms with Crippen LogP contribution in [0.15, 0.2) is 35.7 Å². The third-order valence-corrected chi connectivity index (χ3v) is 5.50. The van der Waals surface area contributed by atoms with Crippen molar-refractivity contribution in [1.82, 2.24) is 4.90 Å². The number of thiophene rings is 1. The van der Waals surface area contributed by atoms with Gasteiger partial charge in [0.15, 0.2) is 0 Å². The molecule has 1 aliphatic rings. The van der Waals surface area contributed by atoms with Crippen molar-refractivity contribution in [2.75, 3.05) is 6.54 Å². The van der Waals surface area contributed by atoms with Crippen molar-refractivity contribution >= 4 is 40.4 Å². The van der Waals surface area contributed by atoms with Gasteiger partial charge in [-0.25, -0.2) is 0 Å². The van der Waals surface area contributed by atoms with Crippen LogP contribution in [0.1, 0.15) is 29.3 Å². The van der Waals surface area contributed by atoms with Gasteiger partial charge < -0.3 is 4.90 Å². The molecule has 2 nitrogen and oxygen atoms in total. The quantitative estimate of drug-likeness (QED) is 0.773. The van der Waals surface area contributed by atoms with E-state index in [4.69, 9.17) is 23.2 Å². The molecule has 0 bridgehead atoms. The summed E-state index contributed by atoms with van der Waals surface area (Å²) in [5, 5.41) is 3.08. The highest BCUT2D eigenvalue weighted by Gasteiger charge is 2.30. The number of carbonyl (C=O) groups excluding carboxylic acids is 1. The molecule has 1 unspecified atom stereocenters. The van der Waals surface area contributed by atoms with Crippen molar-refractivity contribution < 1.29 is 4.79 Å². The van der Waals surface area contributed by atoms with Gasteiger partial charge in [-0.3, -0.25) is 4.79 Å². The topological polar surface area (TPSA) is 20.3 Å². The summed E-state index contributed by atoms with van der Waals surface area (Å²) in [6.45, 7) is 0.836. The van der Waals surface area contributed by atoms with Crippen LogP contribution >= 0.6 is 34.5 Å². The Kier molecular flexibility index (Phi) is 4.53. The van der Waals surface area contributed by atoms with Crippen LogP contribution in [0.5, 0.6) is 0 Å². The van der Waals surface area contributed by atoms with Crippen molar-refractivity contribution in [3.05, 3.63) is 56.2 Å². The number of hydrogen-bond acceptors (Lipinski definition) is 2. The lowest BCUT2D eigenvalue weighted by Crippen LogP contribution is -2.31. The van der Waals surface area contributed by atoms with Gasteiger partial charge in [0, 0.05) is 11.4 Å². The number of amides is 1. The van der Waals surface area contributed by atoms with Crippen molar-refractivity contribution in [2.45, 2.75) is 25.3 Å². The Balaban J connectivity index is 1.73. The highest BCUT2D eigenvalue weighted by Crippen LogP contribution is 2.35. The Morgan fingerprint density at radius 2 is 2.14 bits per heavy atom. The van der Waals surface area contributed by atoms with Gasteiger partial charge in [0.05, 0.1) is 22.5 Å². The SMILES string of the molecule is O=C(Cc1ccc(Cl)c(Cl)c1)N1CCCC1c1cccs1. The molecule has 1 aliphatic heterocycles. The second kappa shape index (κ2) is 6.39. The standard InChI is InChI=1S/C16H15Cl2NOS/c17-12-6-5-11(9-13(12)18)10-16(20)19-7-1-3-14(19)15-4-2-8-21-15/h2,4-6,8-9,14H,1,3,7,10H2. The molecule has 0 aliphatic carbocycles. The van der Waals surface area contributed by atoms with Crippen LogP contribution in [0.3, 0.4) is 0 Å². The molecule has 0 saturated carbocycles. The first-order valence-electron chi connectivity index (χ1n) is 6.92. The minimum Gasteiger partial charge on any atom is -0.335 e. The minimum absolute atomic E-state index is 0.157. The Bertz CT molecular complexity index is 642. The summed E-state index contributed by atoms with van der Waals surface area (Å²) in [6, 6.07) is 9.77. The summed E-state index contributed by atoms with van der Waals surface area (Å²) in [4.78, 5) is 15.8. The van der Waals surface area contributed by atoms with E-state index < -0.39 is 0 Å². The maximum Gasteiger partial charge on any atom is 0.227 e. The normalized spacial score (nSPS) is 18.2. The molecular weight excluding hydrogens is 325 g/mol. The molecule has 21 heavy (non-hydrogen) atoms. The van der Waals surface area contributed by atoms with Crippen LogP contribution in [0.4, 0.5) is 0 Å². The van der Waals surface area contributed by atoms with Crippen molar-refractivity contribution in [3.8, 4) is 0 Å². The first-order valence-corrected chi connectivity index (χ1v) is 8.55. The monoisotopic (exact) mass is 339 g/mol. The number of benzene rings is 1. The molecule has 3 rings (SSSR count). The van der Waals surface area contributed by atoms with E-state index in [1.807, 2.05) is 17.0 Å². The second-order valence-corrected chi connectivity index (χ2v) is 6.98. The lowest BCUT2D eigenvalue weighted by atomic mass is 10.1. The molecule has 0 N–H and O–H groups in total.